The normalized spacial score (nSPS) is 12.2. The highest BCUT2D eigenvalue weighted by atomic mass is 35.5. The summed E-state index contributed by atoms with van der Waals surface area (Å²) in [6.07, 6.45) is 0. The van der Waals surface area contributed by atoms with E-state index in [1.54, 1.807) is 18.2 Å². The van der Waals surface area contributed by atoms with Gasteiger partial charge in [0.05, 0.1) is 13.0 Å². The summed E-state index contributed by atoms with van der Waals surface area (Å²) in [6.45, 7) is 0.00220. The highest BCUT2D eigenvalue weighted by molar-refractivity contribution is 6.31. The third-order valence-electron chi connectivity index (χ3n) is 2.11. The first-order valence-corrected chi connectivity index (χ1v) is 4.74. The lowest BCUT2D eigenvalue weighted by molar-refractivity contribution is -0.138. The van der Waals surface area contributed by atoms with Crippen molar-refractivity contribution < 1.29 is 14.6 Å². The molecule has 1 aromatic carbocycles. The third-order valence-corrected chi connectivity index (χ3v) is 2.46. The van der Waals surface area contributed by atoms with Crippen LogP contribution < -0.4 is 10.5 Å². The first-order chi connectivity index (χ1) is 7.10. The van der Waals surface area contributed by atoms with E-state index in [0.29, 0.717) is 16.3 Å². The fourth-order valence-electron chi connectivity index (χ4n) is 1.28. The predicted molar refractivity (Wildman–Crippen MR) is 57.4 cm³/mol. The third kappa shape index (κ3) is 2.61. The van der Waals surface area contributed by atoms with Crippen LogP contribution in [0.2, 0.25) is 5.02 Å². The first kappa shape index (κ1) is 11.8. The van der Waals surface area contributed by atoms with Gasteiger partial charge >= 0.3 is 5.97 Å². The van der Waals surface area contributed by atoms with Gasteiger partial charge in [-0.05, 0) is 23.8 Å². The lowest BCUT2D eigenvalue weighted by Gasteiger charge is -2.13. The van der Waals surface area contributed by atoms with Gasteiger partial charge in [0, 0.05) is 11.6 Å². The van der Waals surface area contributed by atoms with E-state index in [4.69, 9.17) is 27.2 Å². The lowest BCUT2D eigenvalue weighted by Crippen LogP contribution is -2.21. The minimum absolute atomic E-state index is 0.00220. The van der Waals surface area contributed by atoms with Crippen molar-refractivity contribution in [3.8, 4) is 5.75 Å². The number of aliphatic carboxylic acids is 1. The molecule has 1 unspecified atom stereocenters. The monoisotopic (exact) mass is 229 g/mol. The van der Waals surface area contributed by atoms with Crippen LogP contribution in [0.5, 0.6) is 5.75 Å². The van der Waals surface area contributed by atoms with Crippen molar-refractivity contribution in [3.05, 3.63) is 28.8 Å². The zero-order valence-corrected chi connectivity index (χ0v) is 8.99. The van der Waals surface area contributed by atoms with Crippen molar-refractivity contribution in [2.24, 2.45) is 5.73 Å². The molecule has 0 saturated carbocycles. The summed E-state index contributed by atoms with van der Waals surface area (Å²) in [4.78, 5) is 10.9. The van der Waals surface area contributed by atoms with Gasteiger partial charge in [0.15, 0.2) is 0 Å². The molecule has 0 amide bonds. The largest absolute Gasteiger partial charge is 0.497 e. The Morgan fingerprint density at radius 3 is 2.80 bits per heavy atom. The van der Waals surface area contributed by atoms with Gasteiger partial charge in [-0.3, -0.25) is 4.79 Å². The van der Waals surface area contributed by atoms with Crippen molar-refractivity contribution >= 4 is 17.6 Å². The molecule has 0 aliphatic rings. The number of carboxylic acids is 1. The summed E-state index contributed by atoms with van der Waals surface area (Å²) in [5.41, 5.74) is 5.86. The molecule has 1 aromatic rings. The molecule has 0 heterocycles. The summed E-state index contributed by atoms with van der Waals surface area (Å²) < 4.78 is 4.99. The predicted octanol–water partition coefficient (Wildman–Crippen LogP) is 1.48. The molecular weight excluding hydrogens is 218 g/mol. The fourth-order valence-corrected chi connectivity index (χ4v) is 1.53. The lowest BCUT2D eigenvalue weighted by atomic mass is 9.99. The van der Waals surface area contributed by atoms with Gasteiger partial charge in [-0.25, -0.2) is 0 Å². The van der Waals surface area contributed by atoms with E-state index >= 15 is 0 Å². The number of halogens is 1. The number of hydrogen-bond acceptors (Lipinski definition) is 3. The Bertz CT molecular complexity index is 368. The average molecular weight is 230 g/mol. The molecule has 0 aromatic heterocycles. The Balaban J connectivity index is 3.15. The Morgan fingerprint density at radius 2 is 2.33 bits per heavy atom. The Morgan fingerprint density at radius 1 is 1.67 bits per heavy atom. The fraction of sp³-hybridized carbons (Fsp3) is 0.300. The standard InChI is InChI=1S/C10H12ClNO3/c1-15-6-2-3-9(11)7(4-6)8(5-12)10(13)14/h2-4,8H,5,12H2,1H3,(H,13,14). The van der Waals surface area contributed by atoms with E-state index < -0.39 is 11.9 Å². The van der Waals surface area contributed by atoms with Crippen LogP contribution in [0.3, 0.4) is 0 Å². The Kier molecular flexibility index (Phi) is 3.94. The van der Waals surface area contributed by atoms with Crippen LogP contribution in [0.25, 0.3) is 0 Å². The van der Waals surface area contributed by atoms with Crippen molar-refractivity contribution in [3.63, 3.8) is 0 Å². The van der Waals surface area contributed by atoms with Crippen molar-refractivity contribution in [2.45, 2.75) is 5.92 Å². The molecule has 0 fully saturated rings. The topological polar surface area (TPSA) is 72.5 Å². The molecule has 5 heteroatoms. The average Bonchev–Trinajstić information content (AvgIpc) is 2.21. The van der Waals surface area contributed by atoms with Crippen LogP contribution in [-0.2, 0) is 4.79 Å². The van der Waals surface area contributed by atoms with Crippen molar-refractivity contribution in [2.75, 3.05) is 13.7 Å². The maximum atomic E-state index is 10.9. The zero-order valence-electron chi connectivity index (χ0n) is 8.24. The van der Waals surface area contributed by atoms with Gasteiger partial charge in [0.25, 0.3) is 0 Å². The summed E-state index contributed by atoms with van der Waals surface area (Å²) in [5.74, 6) is -1.23. The number of methoxy groups -OCH3 is 1. The van der Waals surface area contributed by atoms with Gasteiger partial charge < -0.3 is 15.6 Å². The molecule has 0 aliphatic carbocycles. The van der Waals surface area contributed by atoms with Crippen LogP contribution in [-0.4, -0.2) is 24.7 Å². The van der Waals surface area contributed by atoms with E-state index in [1.807, 2.05) is 0 Å². The minimum atomic E-state index is -0.993. The number of hydrogen-bond donors (Lipinski definition) is 2. The highest BCUT2D eigenvalue weighted by Crippen LogP contribution is 2.28. The molecule has 15 heavy (non-hydrogen) atoms. The molecular formula is C10H12ClNO3. The molecule has 1 rings (SSSR count). The first-order valence-electron chi connectivity index (χ1n) is 4.36. The number of ether oxygens (including phenoxy) is 1. The van der Waals surface area contributed by atoms with Crippen LogP contribution >= 0.6 is 11.6 Å². The van der Waals surface area contributed by atoms with Crippen LogP contribution in [0.1, 0.15) is 11.5 Å². The molecule has 0 spiro atoms. The number of carboxylic acid groups (broad SMARTS) is 1. The van der Waals surface area contributed by atoms with Crippen molar-refractivity contribution in [1.82, 2.24) is 0 Å². The van der Waals surface area contributed by atoms with Gasteiger partial charge in [0.1, 0.15) is 5.75 Å². The number of nitrogens with two attached hydrogens (primary N) is 1. The zero-order chi connectivity index (χ0) is 11.4. The van der Waals surface area contributed by atoms with Crippen LogP contribution in [0.4, 0.5) is 0 Å². The maximum absolute atomic E-state index is 10.9. The smallest absolute Gasteiger partial charge is 0.312 e. The molecule has 82 valence electrons. The minimum Gasteiger partial charge on any atom is -0.497 e. The van der Waals surface area contributed by atoms with E-state index in [-0.39, 0.29) is 6.54 Å². The van der Waals surface area contributed by atoms with E-state index in [0.717, 1.165) is 0 Å². The second kappa shape index (κ2) is 5.00. The molecule has 1 atom stereocenters. The highest BCUT2D eigenvalue weighted by Gasteiger charge is 2.21. The summed E-state index contributed by atoms with van der Waals surface area (Å²) in [6, 6.07) is 4.86. The van der Waals surface area contributed by atoms with Crippen molar-refractivity contribution in [1.29, 1.82) is 0 Å². The second-order valence-corrected chi connectivity index (χ2v) is 3.42. The van der Waals surface area contributed by atoms with E-state index in [9.17, 15) is 4.79 Å². The van der Waals surface area contributed by atoms with Gasteiger partial charge in [-0.1, -0.05) is 11.6 Å². The van der Waals surface area contributed by atoms with Crippen LogP contribution in [0.15, 0.2) is 18.2 Å². The molecule has 0 radical (unpaired) electrons. The van der Waals surface area contributed by atoms with Gasteiger partial charge in [-0.15, -0.1) is 0 Å². The Hall–Kier alpha value is -1.26. The molecule has 0 aliphatic heterocycles. The number of rotatable bonds is 4. The number of carbonyl (C=O) groups is 1. The maximum Gasteiger partial charge on any atom is 0.312 e. The van der Waals surface area contributed by atoms with E-state index in [2.05, 4.69) is 0 Å². The second-order valence-electron chi connectivity index (χ2n) is 3.01. The summed E-state index contributed by atoms with van der Waals surface area (Å²) in [7, 11) is 1.51. The summed E-state index contributed by atoms with van der Waals surface area (Å²) in [5, 5.41) is 9.32. The number of benzene rings is 1. The molecule has 0 saturated heterocycles. The molecule has 4 nitrogen and oxygen atoms in total. The quantitative estimate of drug-likeness (QED) is 0.820. The van der Waals surface area contributed by atoms with Gasteiger partial charge in [0.2, 0.25) is 0 Å². The molecule has 3 N–H and O–H groups in total. The van der Waals surface area contributed by atoms with Gasteiger partial charge in [-0.2, -0.15) is 0 Å². The summed E-state index contributed by atoms with van der Waals surface area (Å²) >= 11 is 5.90. The Labute approximate surface area is 92.6 Å². The van der Waals surface area contributed by atoms with E-state index in [1.165, 1.54) is 7.11 Å². The molecule has 0 bridgehead atoms. The van der Waals surface area contributed by atoms with Crippen LogP contribution in [0, 0.1) is 0 Å². The SMILES string of the molecule is COc1ccc(Cl)c(C(CN)C(=O)O)c1.